The Morgan fingerprint density at radius 1 is 1.28 bits per heavy atom. The first kappa shape index (κ1) is 12.4. The number of ether oxygens (including phenoxy) is 2. The van der Waals surface area contributed by atoms with Crippen LogP contribution in [0.5, 0.6) is 5.75 Å². The Bertz CT molecular complexity index is 672. The van der Waals surface area contributed by atoms with Crippen LogP contribution < -0.4 is 16.0 Å². The molecule has 18 heavy (non-hydrogen) atoms. The average molecular weight is 250 g/mol. The monoisotopic (exact) mass is 250 g/mol. The van der Waals surface area contributed by atoms with Crippen molar-refractivity contribution in [3.8, 4) is 5.75 Å². The highest BCUT2D eigenvalue weighted by atomic mass is 16.5. The second-order valence-corrected chi connectivity index (χ2v) is 3.79. The van der Waals surface area contributed by atoms with Gasteiger partial charge in [0.15, 0.2) is 0 Å². The molecule has 0 aliphatic rings. The zero-order valence-corrected chi connectivity index (χ0v) is 10.2. The van der Waals surface area contributed by atoms with Crippen LogP contribution in [-0.4, -0.2) is 30.4 Å². The number of fused-ring (bicyclic) bond motifs is 1. The van der Waals surface area contributed by atoms with E-state index >= 15 is 0 Å². The number of methoxy groups -OCH3 is 2. The van der Waals surface area contributed by atoms with Crippen molar-refractivity contribution in [2.24, 2.45) is 0 Å². The largest absolute Gasteiger partial charge is 0.497 e. The topological polar surface area (TPSA) is 73.3 Å². The summed E-state index contributed by atoms with van der Waals surface area (Å²) in [5.74, 6) is 0.574. The van der Waals surface area contributed by atoms with Gasteiger partial charge in [-0.15, -0.1) is 0 Å². The number of benzene rings is 1. The minimum absolute atomic E-state index is 0.220. The normalized spacial score (nSPS) is 10.8. The third-order valence-corrected chi connectivity index (χ3v) is 2.71. The second-order valence-electron chi connectivity index (χ2n) is 3.79. The first-order valence-electron chi connectivity index (χ1n) is 5.47. The first-order valence-corrected chi connectivity index (χ1v) is 5.47. The van der Waals surface area contributed by atoms with Gasteiger partial charge in [-0.1, -0.05) is 0 Å². The zero-order valence-electron chi connectivity index (χ0n) is 10.2. The lowest BCUT2D eigenvalue weighted by atomic mass is 10.2. The molecule has 1 aromatic carbocycles. The zero-order chi connectivity index (χ0) is 13.1. The van der Waals surface area contributed by atoms with Crippen LogP contribution in [0.3, 0.4) is 0 Å². The van der Waals surface area contributed by atoms with E-state index in [1.807, 2.05) is 0 Å². The minimum atomic E-state index is -0.435. The maximum Gasteiger partial charge on any atom is 0.328 e. The lowest BCUT2D eigenvalue weighted by Gasteiger charge is -2.06. The van der Waals surface area contributed by atoms with Gasteiger partial charge in [-0.2, -0.15) is 0 Å². The van der Waals surface area contributed by atoms with Crippen molar-refractivity contribution in [2.45, 2.75) is 6.54 Å². The van der Waals surface area contributed by atoms with E-state index in [0.29, 0.717) is 23.3 Å². The summed E-state index contributed by atoms with van der Waals surface area (Å²) in [5, 5.41) is 0.421. The van der Waals surface area contributed by atoms with Gasteiger partial charge in [0.25, 0.3) is 5.56 Å². The molecule has 1 aromatic heterocycles. The van der Waals surface area contributed by atoms with E-state index < -0.39 is 5.69 Å². The number of H-pyrrole nitrogens is 1. The van der Waals surface area contributed by atoms with E-state index in [4.69, 9.17) is 9.47 Å². The Kier molecular flexibility index (Phi) is 3.47. The van der Waals surface area contributed by atoms with Crippen LogP contribution in [0.1, 0.15) is 0 Å². The third kappa shape index (κ3) is 2.14. The summed E-state index contributed by atoms with van der Waals surface area (Å²) >= 11 is 0. The summed E-state index contributed by atoms with van der Waals surface area (Å²) in [6, 6.07) is 4.95. The molecule has 0 fully saturated rings. The molecule has 2 rings (SSSR count). The van der Waals surface area contributed by atoms with Crippen LogP contribution >= 0.6 is 0 Å². The number of nitrogens with one attached hydrogen (secondary N) is 1. The average Bonchev–Trinajstić information content (AvgIpc) is 2.38. The Balaban J connectivity index is 2.66. The van der Waals surface area contributed by atoms with Crippen LogP contribution in [-0.2, 0) is 11.3 Å². The molecule has 2 aromatic rings. The van der Waals surface area contributed by atoms with Crippen LogP contribution in [0.15, 0.2) is 27.8 Å². The summed E-state index contributed by atoms with van der Waals surface area (Å²) in [7, 11) is 3.04. The van der Waals surface area contributed by atoms with Gasteiger partial charge in [-0.3, -0.25) is 9.36 Å². The first-order chi connectivity index (χ1) is 8.67. The molecule has 0 spiro atoms. The molecule has 0 aliphatic heterocycles. The Hall–Kier alpha value is -2.08. The van der Waals surface area contributed by atoms with Crippen molar-refractivity contribution in [2.75, 3.05) is 20.8 Å². The molecule has 0 aliphatic carbocycles. The maximum absolute atomic E-state index is 12.2. The standard InChI is InChI=1S/C12H14N2O4/c1-17-6-5-14-11(15)9-7-8(18-2)3-4-10(9)13-12(14)16/h3-4,7H,5-6H2,1-2H3,(H,13,16). The molecule has 0 atom stereocenters. The fourth-order valence-corrected chi connectivity index (χ4v) is 1.74. The van der Waals surface area contributed by atoms with Crippen molar-refractivity contribution < 1.29 is 9.47 Å². The SMILES string of the molecule is COCCn1c(=O)[nH]c2ccc(OC)cc2c1=O. The molecular weight excluding hydrogens is 236 g/mol. The van der Waals surface area contributed by atoms with Crippen LogP contribution in [0.25, 0.3) is 10.9 Å². The van der Waals surface area contributed by atoms with E-state index in [9.17, 15) is 9.59 Å². The summed E-state index contributed by atoms with van der Waals surface area (Å²) in [5.41, 5.74) is -0.279. The van der Waals surface area contributed by atoms with Crippen LogP contribution in [0, 0.1) is 0 Å². The summed E-state index contributed by atoms with van der Waals surface area (Å²) in [6.45, 7) is 0.524. The molecule has 6 nitrogen and oxygen atoms in total. The number of aromatic amines is 1. The van der Waals surface area contributed by atoms with Gasteiger partial charge in [0.1, 0.15) is 5.75 Å². The smallest absolute Gasteiger partial charge is 0.328 e. The molecule has 1 heterocycles. The van der Waals surface area contributed by atoms with E-state index in [-0.39, 0.29) is 12.1 Å². The number of rotatable bonds is 4. The molecule has 0 unspecified atom stereocenters. The number of nitrogens with zero attached hydrogens (tertiary/aromatic N) is 1. The van der Waals surface area contributed by atoms with Gasteiger partial charge in [0.2, 0.25) is 0 Å². The van der Waals surface area contributed by atoms with Crippen molar-refractivity contribution in [1.82, 2.24) is 9.55 Å². The van der Waals surface area contributed by atoms with Crippen molar-refractivity contribution in [3.63, 3.8) is 0 Å². The number of hydrogen-bond donors (Lipinski definition) is 1. The highest BCUT2D eigenvalue weighted by Crippen LogP contribution is 2.14. The van der Waals surface area contributed by atoms with Crippen LogP contribution in [0.4, 0.5) is 0 Å². The van der Waals surface area contributed by atoms with Gasteiger partial charge < -0.3 is 14.5 Å². The Morgan fingerprint density at radius 2 is 2.06 bits per heavy atom. The predicted octanol–water partition coefficient (Wildman–Crippen LogP) is 0.345. The molecular formula is C12H14N2O4. The van der Waals surface area contributed by atoms with Gasteiger partial charge in [-0.25, -0.2) is 4.79 Å². The Labute approximate surface area is 103 Å². The van der Waals surface area contributed by atoms with E-state index in [2.05, 4.69) is 4.98 Å². The third-order valence-electron chi connectivity index (χ3n) is 2.71. The van der Waals surface area contributed by atoms with Gasteiger partial charge in [0.05, 0.1) is 31.2 Å². The van der Waals surface area contributed by atoms with Gasteiger partial charge in [0, 0.05) is 7.11 Å². The molecule has 1 N–H and O–H groups in total. The van der Waals surface area contributed by atoms with Gasteiger partial charge >= 0.3 is 5.69 Å². The van der Waals surface area contributed by atoms with Gasteiger partial charge in [-0.05, 0) is 18.2 Å². The van der Waals surface area contributed by atoms with E-state index in [1.165, 1.54) is 14.2 Å². The highest BCUT2D eigenvalue weighted by Gasteiger charge is 2.08. The summed E-state index contributed by atoms with van der Waals surface area (Å²) in [6.07, 6.45) is 0. The van der Waals surface area contributed by atoms with Crippen molar-refractivity contribution >= 4 is 10.9 Å². The highest BCUT2D eigenvalue weighted by molar-refractivity contribution is 5.78. The summed E-state index contributed by atoms with van der Waals surface area (Å²) in [4.78, 5) is 26.5. The molecule has 0 amide bonds. The molecule has 0 bridgehead atoms. The quantitative estimate of drug-likeness (QED) is 0.849. The summed E-state index contributed by atoms with van der Waals surface area (Å²) < 4.78 is 11.1. The fraction of sp³-hybridized carbons (Fsp3) is 0.333. The van der Waals surface area contributed by atoms with Crippen LogP contribution in [0.2, 0.25) is 0 Å². The maximum atomic E-state index is 12.2. The lowest BCUT2D eigenvalue weighted by molar-refractivity contribution is 0.185. The Morgan fingerprint density at radius 3 is 2.72 bits per heavy atom. The van der Waals surface area contributed by atoms with E-state index in [0.717, 1.165) is 4.57 Å². The second kappa shape index (κ2) is 5.05. The lowest BCUT2D eigenvalue weighted by Crippen LogP contribution is -2.36. The molecule has 0 saturated carbocycles. The number of hydrogen-bond acceptors (Lipinski definition) is 4. The molecule has 6 heteroatoms. The fourth-order valence-electron chi connectivity index (χ4n) is 1.74. The minimum Gasteiger partial charge on any atom is -0.497 e. The van der Waals surface area contributed by atoms with Crippen molar-refractivity contribution in [3.05, 3.63) is 39.0 Å². The number of aromatic nitrogens is 2. The molecule has 0 saturated heterocycles. The molecule has 0 radical (unpaired) electrons. The van der Waals surface area contributed by atoms with Crippen molar-refractivity contribution in [1.29, 1.82) is 0 Å². The van der Waals surface area contributed by atoms with E-state index in [1.54, 1.807) is 18.2 Å². The molecule has 96 valence electrons. The predicted molar refractivity (Wildman–Crippen MR) is 67.3 cm³/mol.